The molecule has 0 spiro atoms. The number of benzene rings is 2. The van der Waals surface area contributed by atoms with Crippen molar-refractivity contribution in [2.45, 2.75) is 13.5 Å². The summed E-state index contributed by atoms with van der Waals surface area (Å²) in [4.78, 5) is 4.67. The van der Waals surface area contributed by atoms with E-state index in [1.54, 1.807) is 13.2 Å². The molecule has 4 nitrogen and oxygen atoms in total. The van der Waals surface area contributed by atoms with Crippen molar-refractivity contribution in [2.24, 2.45) is 0 Å². The predicted molar refractivity (Wildman–Crippen MR) is 86.8 cm³/mol. The van der Waals surface area contributed by atoms with Crippen LogP contribution in [0.5, 0.6) is 11.5 Å². The van der Waals surface area contributed by atoms with E-state index in [9.17, 15) is 5.11 Å². The Morgan fingerprint density at radius 3 is 2.81 bits per heavy atom. The molecule has 0 radical (unpaired) electrons. The molecule has 0 aliphatic heterocycles. The molecule has 0 atom stereocenters. The van der Waals surface area contributed by atoms with Crippen LogP contribution in [0.3, 0.4) is 0 Å². The number of nitrogens with zero attached hydrogens (tertiary/aromatic N) is 2. The molecule has 0 fully saturated rings. The normalized spacial score (nSPS) is 11.0. The second-order valence-electron chi connectivity index (χ2n) is 4.67. The number of rotatable bonds is 3. The number of imidazole rings is 1. The highest BCUT2D eigenvalue weighted by molar-refractivity contribution is 9.10. The van der Waals surface area contributed by atoms with Crippen LogP contribution in [-0.4, -0.2) is 21.8 Å². The lowest BCUT2D eigenvalue weighted by molar-refractivity contribution is 0.374. The van der Waals surface area contributed by atoms with Gasteiger partial charge in [0.1, 0.15) is 5.82 Å². The fourth-order valence-corrected chi connectivity index (χ4v) is 2.85. The highest BCUT2D eigenvalue weighted by Gasteiger charge is 2.17. The molecule has 1 aromatic heterocycles. The molecule has 5 heteroatoms. The maximum atomic E-state index is 10.4. The number of hydrogen-bond donors (Lipinski definition) is 1. The minimum atomic E-state index is 0.115. The van der Waals surface area contributed by atoms with Crippen LogP contribution >= 0.6 is 15.9 Å². The highest BCUT2D eigenvalue weighted by atomic mass is 79.9. The Morgan fingerprint density at radius 1 is 1.29 bits per heavy atom. The van der Waals surface area contributed by atoms with Gasteiger partial charge in [-0.15, -0.1) is 0 Å². The van der Waals surface area contributed by atoms with Crippen molar-refractivity contribution in [3.63, 3.8) is 0 Å². The molecule has 3 rings (SSSR count). The van der Waals surface area contributed by atoms with E-state index in [0.717, 1.165) is 27.9 Å². The lowest BCUT2D eigenvalue weighted by Gasteiger charge is -2.10. The average Bonchev–Trinajstić information content (AvgIpc) is 2.84. The van der Waals surface area contributed by atoms with Gasteiger partial charge < -0.3 is 14.4 Å². The Hall–Kier alpha value is -2.01. The van der Waals surface area contributed by atoms with Gasteiger partial charge >= 0.3 is 0 Å². The van der Waals surface area contributed by atoms with Gasteiger partial charge in [-0.05, 0) is 37.3 Å². The smallest absolute Gasteiger partial charge is 0.168 e. The van der Waals surface area contributed by atoms with Crippen LogP contribution in [0.15, 0.2) is 40.9 Å². The average molecular weight is 347 g/mol. The first-order chi connectivity index (χ1) is 10.2. The summed E-state index contributed by atoms with van der Waals surface area (Å²) < 4.78 is 8.24. The molecule has 0 amide bonds. The van der Waals surface area contributed by atoms with Crippen molar-refractivity contribution < 1.29 is 9.84 Å². The van der Waals surface area contributed by atoms with Crippen molar-refractivity contribution in [1.82, 2.24) is 9.55 Å². The molecule has 0 unspecified atom stereocenters. The van der Waals surface area contributed by atoms with Gasteiger partial charge in [0.15, 0.2) is 11.5 Å². The third-order valence-corrected chi connectivity index (χ3v) is 3.98. The van der Waals surface area contributed by atoms with Crippen LogP contribution < -0.4 is 4.74 Å². The molecule has 0 aliphatic carbocycles. The summed E-state index contributed by atoms with van der Waals surface area (Å²) in [5.74, 6) is 1.30. The van der Waals surface area contributed by atoms with E-state index in [4.69, 9.17) is 4.74 Å². The molecule has 0 aliphatic rings. The summed E-state index contributed by atoms with van der Waals surface area (Å²) in [6, 6.07) is 11.4. The van der Waals surface area contributed by atoms with Crippen molar-refractivity contribution in [3.8, 4) is 22.9 Å². The third-order valence-electron chi connectivity index (χ3n) is 3.49. The molecule has 2 aromatic carbocycles. The van der Waals surface area contributed by atoms with Crippen LogP contribution in [0.4, 0.5) is 0 Å². The van der Waals surface area contributed by atoms with Crippen LogP contribution in [0.25, 0.3) is 22.4 Å². The molecule has 3 aromatic rings. The van der Waals surface area contributed by atoms with Gasteiger partial charge in [0.05, 0.1) is 23.7 Å². The first kappa shape index (κ1) is 13.9. The fraction of sp³-hybridized carbons (Fsp3) is 0.188. The molecule has 108 valence electrons. The van der Waals surface area contributed by atoms with E-state index in [2.05, 4.69) is 32.4 Å². The number of phenols is 1. The van der Waals surface area contributed by atoms with Crippen molar-refractivity contribution in [1.29, 1.82) is 0 Å². The van der Waals surface area contributed by atoms with E-state index in [0.29, 0.717) is 11.3 Å². The monoisotopic (exact) mass is 346 g/mol. The number of halogens is 1. The van der Waals surface area contributed by atoms with Crippen LogP contribution in [0.1, 0.15) is 6.92 Å². The quantitative estimate of drug-likeness (QED) is 0.772. The van der Waals surface area contributed by atoms with Crippen molar-refractivity contribution >= 4 is 27.0 Å². The van der Waals surface area contributed by atoms with E-state index in [-0.39, 0.29) is 5.75 Å². The van der Waals surface area contributed by atoms with Gasteiger partial charge in [0, 0.05) is 11.0 Å². The number of ether oxygens (including phenoxy) is 1. The molecule has 0 bridgehead atoms. The zero-order chi connectivity index (χ0) is 15.0. The number of aryl methyl sites for hydroxylation is 1. The summed E-state index contributed by atoms with van der Waals surface area (Å²) in [5, 5.41) is 10.4. The van der Waals surface area contributed by atoms with E-state index < -0.39 is 0 Å². The van der Waals surface area contributed by atoms with Gasteiger partial charge in [0.2, 0.25) is 0 Å². The second-order valence-corrected chi connectivity index (χ2v) is 5.58. The highest BCUT2D eigenvalue weighted by Crippen LogP contribution is 2.37. The van der Waals surface area contributed by atoms with Crippen molar-refractivity contribution in [2.75, 3.05) is 7.11 Å². The van der Waals surface area contributed by atoms with E-state index in [1.807, 2.05) is 30.3 Å². The Balaban J connectivity index is 2.30. The maximum absolute atomic E-state index is 10.4. The van der Waals surface area contributed by atoms with Gasteiger partial charge in [-0.2, -0.15) is 0 Å². The molecular formula is C16H15BrN2O2. The largest absolute Gasteiger partial charge is 0.504 e. The minimum Gasteiger partial charge on any atom is -0.504 e. The standard InChI is InChI=1S/C16H15BrN2O2/c1-3-19-13-8-7-10(17)9-12(13)18-16(19)11-5-4-6-14(21-2)15(11)20/h4-9,20H,3H2,1-2H3. The minimum absolute atomic E-state index is 0.115. The Kier molecular flexibility index (Phi) is 3.59. The number of aromatic nitrogens is 2. The van der Waals surface area contributed by atoms with Gasteiger partial charge in [0.25, 0.3) is 0 Å². The number of phenolic OH excluding ortho intramolecular Hbond substituents is 1. The Bertz CT molecular complexity index is 811. The molecule has 0 saturated carbocycles. The summed E-state index contributed by atoms with van der Waals surface area (Å²) in [5.41, 5.74) is 2.60. The Labute approximate surface area is 131 Å². The lowest BCUT2D eigenvalue weighted by Crippen LogP contribution is -1.98. The molecule has 0 saturated heterocycles. The lowest BCUT2D eigenvalue weighted by atomic mass is 10.1. The first-order valence-electron chi connectivity index (χ1n) is 6.67. The summed E-state index contributed by atoms with van der Waals surface area (Å²) in [6.07, 6.45) is 0. The zero-order valence-corrected chi connectivity index (χ0v) is 13.4. The van der Waals surface area contributed by atoms with Gasteiger partial charge in [-0.1, -0.05) is 22.0 Å². The van der Waals surface area contributed by atoms with Crippen LogP contribution in [0, 0.1) is 0 Å². The van der Waals surface area contributed by atoms with Gasteiger partial charge in [-0.3, -0.25) is 0 Å². The number of fused-ring (bicyclic) bond motifs is 1. The van der Waals surface area contributed by atoms with Crippen molar-refractivity contribution in [3.05, 3.63) is 40.9 Å². The number of methoxy groups -OCH3 is 1. The number of hydrogen-bond acceptors (Lipinski definition) is 3. The SMILES string of the molecule is CCn1c(-c2cccc(OC)c2O)nc2cc(Br)ccc21. The summed E-state index contributed by atoms with van der Waals surface area (Å²) >= 11 is 3.46. The maximum Gasteiger partial charge on any atom is 0.168 e. The molecule has 1 heterocycles. The predicted octanol–water partition coefficient (Wildman–Crippen LogP) is 4.20. The summed E-state index contributed by atoms with van der Waals surface area (Å²) in [7, 11) is 1.54. The van der Waals surface area contributed by atoms with E-state index >= 15 is 0 Å². The zero-order valence-electron chi connectivity index (χ0n) is 11.8. The van der Waals surface area contributed by atoms with Gasteiger partial charge in [-0.25, -0.2) is 4.98 Å². The van der Waals surface area contributed by atoms with Crippen LogP contribution in [0.2, 0.25) is 0 Å². The third kappa shape index (κ3) is 2.27. The molecular weight excluding hydrogens is 332 g/mol. The molecule has 21 heavy (non-hydrogen) atoms. The fourth-order valence-electron chi connectivity index (χ4n) is 2.50. The summed E-state index contributed by atoms with van der Waals surface area (Å²) in [6.45, 7) is 2.83. The van der Waals surface area contributed by atoms with Crippen LogP contribution in [-0.2, 0) is 6.54 Å². The number of para-hydroxylation sites is 1. The topological polar surface area (TPSA) is 47.3 Å². The van der Waals surface area contributed by atoms with E-state index in [1.165, 1.54) is 0 Å². The Morgan fingerprint density at radius 2 is 2.10 bits per heavy atom. The first-order valence-corrected chi connectivity index (χ1v) is 7.47. The second kappa shape index (κ2) is 5.41. The molecule has 1 N–H and O–H groups in total. The number of aromatic hydroxyl groups is 1.